The summed E-state index contributed by atoms with van der Waals surface area (Å²) < 4.78 is 0. The molecule has 1 heterocycles. The minimum Gasteiger partial charge on any atom is -0.373 e. The maximum atomic E-state index is 11.7. The molecule has 0 unspecified atom stereocenters. The molecule has 1 aromatic heterocycles. The van der Waals surface area contributed by atoms with Crippen LogP contribution in [0.2, 0.25) is 0 Å². The first-order valence-corrected chi connectivity index (χ1v) is 6.75. The highest BCUT2D eigenvalue weighted by molar-refractivity contribution is 5.86. The van der Waals surface area contributed by atoms with E-state index in [-0.39, 0.29) is 5.91 Å². The third kappa shape index (κ3) is 3.02. The van der Waals surface area contributed by atoms with E-state index in [1.165, 1.54) is 0 Å². The summed E-state index contributed by atoms with van der Waals surface area (Å²) in [5.41, 5.74) is 8.33. The Morgan fingerprint density at radius 2 is 2.05 bits per heavy atom. The fourth-order valence-corrected chi connectivity index (χ4v) is 2.30. The minimum absolute atomic E-state index is 0.372. The Morgan fingerprint density at radius 3 is 2.81 bits per heavy atom. The van der Waals surface area contributed by atoms with E-state index in [9.17, 15) is 4.79 Å². The molecule has 0 radical (unpaired) electrons. The molecule has 1 amide bonds. The second-order valence-electron chi connectivity index (χ2n) is 4.96. The van der Waals surface area contributed by atoms with Crippen LogP contribution >= 0.6 is 0 Å². The SMILES string of the molecule is NC(=O)[C@H](Cc1ccccc1)Nc1ccc2cn[nH]c2c1. The van der Waals surface area contributed by atoms with E-state index in [4.69, 9.17) is 5.73 Å². The number of aromatic nitrogens is 2. The van der Waals surface area contributed by atoms with Crippen molar-refractivity contribution in [3.63, 3.8) is 0 Å². The number of anilines is 1. The van der Waals surface area contributed by atoms with E-state index in [1.54, 1.807) is 6.20 Å². The number of rotatable bonds is 5. The number of hydrogen-bond acceptors (Lipinski definition) is 3. The Labute approximate surface area is 122 Å². The van der Waals surface area contributed by atoms with Crippen LogP contribution in [-0.2, 0) is 11.2 Å². The van der Waals surface area contributed by atoms with Crippen LogP contribution in [0.3, 0.4) is 0 Å². The van der Waals surface area contributed by atoms with Crippen LogP contribution in [0.1, 0.15) is 5.56 Å². The van der Waals surface area contributed by atoms with Crippen LogP contribution in [0.25, 0.3) is 10.9 Å². The van der Waals surface area contributed by atoms with Gasteiger partial charge in [-0.05, 0) is 23.8 Å². The Hall–Kier alpha value is -2.82. The molecule has 5 heteroatoms. The van der Waals surface area contributed by atoms with Gasteiger partial charge in [0.2, 0.25) is 5.91 Å². The lowest BCUT2D eigenvalue weighted by Gasteiger charge is -2.17. The number of hydrogen-bond donors (Lipinski definition) is 3. The molecule has 0 spiro atoms. The molecule has 0 aliphatic heterocycles. The van der Waals surface area contributed by atoms with Gasteiger partial charge < -0.3 is 11.1 Å². The smallest absolute Gasteiger partial charge is 0.240 e. The normalized spacial score (nSPS) is 12.2. The van der Waals surface area contributed by atoms with Gasteiger partial charge >= 0.3 is 0 Å². The number of primary amides is 1. The second kappa shape index (κ2) is 5.66. The summed E-state index contributed by atoms with van der Waals surface area (Å²) in [6.45, 7) is 0. The van der Waals surface area contributed by atoms with E-state index in [2.05, 4.69) is 15.5 Å². The topological polar surface area (TPSA) is 83.8 Å². The number of carbonyl (C=O) groups is 1. The first kappa shape index (κ1) is 13.2. The van der Waals surface area contributed by atoms with E-state index >= 15 is 0 Å². The molecule has 2 aromatic carbocycles. The molecule has 3 aromatic rings. The van der Waals surface area contributed by atoms with Gasteiger partial charge in [0.1, 0.15) is 6.04 Å². The van der Waals surface area contributed by atoms with Crippen molar-refractivity contribution < 1.29 is 4.79 Å². The van der Waals surface area contributed by atoms with E-state index in [0.717, 1.165) is 22.2 Å². The molecule has 0 fully saturated rings. The molecule has 0 bridgehead atoms. The Bertz CT molecular complexity index is 751. The summed E-state index contributed by atoms with van der Waals surface area (Å²) in [7, 11) is 0. The van der Waals surface area contributed by atoms with Crippen LogP contribution < -0.4 is 11.1 Å². The molecule has 106 valence electrons. The molecule has 0 aliphatic carbocycles. The predicted octanol–water partition coefficient (Wildman–Crippen LogP) is 2.07. The maximum absolute atomic E-state index is 11.7. The number of aromatic amines is 1. The monoisotopic (exact) mass is 280 g/mol. The van der Waals surface area contributed by atoms with Gasteiger partial charge in [-0.2, -0.15) is 5.10 Å². The Morgan fingerprint density at radius 1 is 1.24 bits per heavy atom. The summed E-state index contributed by atoms with van der Waals surface area (Å²) >= 11 is 0. The molecule has 0 saturated heterocycles. The number of fused-ring (bicyclic) bond motifs is 1. The number of nitrogens with zero attached hydrogens (tertiary/aromatic N) is 1. The van der Waals surface area contributed by atoms with Crippen LogP contribution in [0, 0.1) is 0 Å². The van der Waals surface area contributed by atoms with Crippen LogP contribution in [0.4, 0.5) is 5.69 Å². The number of nitrogens with two attached hydrogens (primary N) is 1. The van der Waals surface area contributed by atoms with Crippen molar-refractivity contribution in [3.8, 4) is 0 Å². The molecule has 21 heavy (non-hydrogen) atoms. The van der Waals surface area contributed by atoms with Gasteiger partial charge in [-0.15, -0.1) is 0 Å². The summed E-state index contributed by atoms with van der Waals surface area (Å²) in [6, 6.07) is 15.1. The van der Waals surface area contributed by atoms with Gasteiger partial charge in [-0.3, -0.25) is 9.89 Å². The average molecular weight is 280 g/mol. The summed E-state index contributed by atoms with van der Waals surface area (Å²) in [5.74, 6) is -0.372. The zero-order chi connectivity index (χ0) is 14.7. The third-order valence-corrected chi connectivity index (χ3v) is 3.41. The van der Waals surface area contributed by atoms with Crippen LogP contribution in [0.5, 0.6) is 0 Å². The number of benzene rings is 2. The molecule has 4 N–H and O–H groups in total. The number of nitrogens with one attached hydrogen (secondary N) is 2. The first-order chi connectivity index (χ1) is 10.2. The van der Waals surface area contributed by atoms with Gasteiger partial charge in [0, 0.05) is 17.5 Å². The van der Waals surface area contributed by atoms with Crippen LogP contribution in [-0.4, -0.2) is 22.1 Å². The fraction of sp³-hybridized carbons (Fsp3) is 0.125. The van der Waals surface area contributed by atoms with E-state index < -0.39 is 6.04 Å². The molecule has 0 aliphatic rings. The van der Waals surface area contributed by atoms with E-state index in [0.29, 0.717) is 6.42 Å². The molecular weight excluding hydrogens is 264 g/mol. The predicted molar refractivity (Wildman–Crippen MR) is 82.8 cm³/mol. The Kier molecular flexibility index (Phi) is 3.55. The van der Waals surface area contributed by atoms with Crippen molar-refractivity contribution >= 4 is 22.5 Å². The van der Waals surface area contributed by atoms with Crippen LogP contribution in [0.15, 0.2) is 54.7 Å². The number of amides is 1. The van der Waals surface area contributed by atoms with Gasteiger partial charge in [-0.1, -0.05) is 30.3 Å². The highest BCUT2D eigenvalue weighted by Crippen LogP contribution is 2.18. The fourth-order valence-electron chi connectivity index (χ4n) is 2.30. The van der Waals surface area contributed by atoms with Gasteiger partial charge in [-0.25, -0.2) is 0 Å². The minimum atomic E-state index is -0.451. The van der Waals surface area contributed by atoms with Gasteiger partial charge in [0.25, 0.3) is 0 Å². The lowest BCUT2D eigenvalue weighted by Crippen LogP contribution is -2.37. The highest BCUT2D eigenvalue weighted by atomic mass is 16.1. The van der Waals surface area contributed by atoms with Gasteiger partial charge in [0.15, 0.2) is 0 Å². The van der Waals surface area contributed by atoms with Crippen molar-refractivity contribution in [3.05, 3.63) is 60.3 Å². The average Bonchev–Trinajstić information content (AvgIpc) is 2.95. The van der Waals surface area contributed by atoms with E-state index in [1.807, 2.05) is 48.5 Å². The number of carbonyl (C=O) groups excluding carboxylic acids is 1. The quantitative estimate of drug-likeness (QED) is 0.669. The zero-order valence-corrected chi connectivity index (χ0v) is 11.4. The maximum Gasteiger partial charge on any atom is 0.240 e. The van der Waals surface area contributed by atoms with Crippen molar-refractivity contribution in [1.29, 1.82) is 0 Å². The third-order valence-electron chi connectivity index (χ3n) is 3.41. The van der Waals surface area contributed by atoms with Gasteiger partial charge in [0.05, 0.1) is 11.7 Å². The summed E-state index contributed by atoms with van der Waals surface area (Å²) in [5, 5.41) is 11.1. The first-order valence-electron chi connectivity index (χ1n) is 6.75. The summed E-state index contributed by atoms with van der Waals surface area (Å²) in [6.07, 6.45) is 2.31. The second-order valence-corrected chi connectivity index (χ2v) is 4.96. The molecule has 0 saturated carbocycles. The molecule has 3 rings (SSSR count). The van der Waals surface area contributed by atoms with Crippen molar-refractivity contribution in [2.24, 2.45) is 5.73 Å². The molecular formula is C16H16N4O. The molecule has 5 nitrogen and oxygen atoms in total. The number of H-pyrrole nitrogens is 1. The standard InChI is InChI=1S/C16H16N4O/c17-16(21)15(8-11-4-2-1-3-5-11)19-13-7-6-12-10-18-20-14(12)9-13/h1-7,9-10,15,19H,8H2,(H2,17,21)(H,18,20)/t15-/m0/s1. The summed E-state index contributed by atoms with van der Waals surface area (Å²) in [4.78, 5) is 11.7. The largest absolute Gasteiger partial charge is 0.373 e. The highest BCUT2D eigenvalue weighted by Gasteiger charge is 2.15. The van der Waals surface area contributed by atoms with Crippen molar-refractivity contribution in [1.82, 2.24) is 10.2 Å². The van der Waals surface area contributed by atoms with Crippen molar-refractivity contribution in [2.45, 2.75) is 12.5 Å². The molecule has 1 atom stereocenters. The lowest BCUT2D eigenvalue weighted by molar-refractivity contribution is -0.118. The van der Waals surface area contributed by atoms with Crippen molar-refractivity contribution in [2.75, 3.05) is 5.32 Å². The lowest BCUT2D eigenvalue weighted by atomic mass is 10.1. The zero-order valence-electron chi connectivity index (χ0n) is 11.4. The Balaban J connectivity index is 1.79.